The zero-order valence-corrected chi connectivity index (χ0v) is 12.0. The monoisotopic (exact) mass is 287 g/mol. The van der Waals surface area contributed by atoms with Crippen LogP contribution in [-0.4, -0.2) is 20.4 Å². The lowest BCUT2D eigenvalue weighted by Crippen LogP contribution is -2.18. The van der Waals surface area contributed by atoms with E-state index in [0.29, 0.717) is 30.1 Å². The predicted molar refractivity (Wildman–Crippen MR) is 75.4 cm³/mol. The topological polar surface area (TPSA) is 103 Å². The van der Waals surface area contributed by atoms with Gasteiger partial charge in [0, 0.05) is 18.4 Å². The summed E-state index contributed by atoms with van der Waals surface area (Å²) in [5, 5.41) is 31.5. The Bertz CT molecular complexity index is 675. The molecule has 1 unspecified atom stereocenters. The van der Waals surface area contributed by atoms with Crippen LogP contribution in [0.1, 0.15) is 32.6 Å². The third-order valence-corrected chi connectivity index (χ3v) is 3.64. The molecule has 0 amide bonds. The number of nitriles is 1. The zero-order chi connectivity index (χ0) is 15.5. The van der Waals surface area contributed by atoms with Crippen molar-refractivity contribution in [1.29, 1.82) is 5.26 Å². The van der Waals surface area contributed by atoms with Gasteiger partial charge in [0.2, 0.25) is 11.7 Å². The highest BCUT2D eigenvalue weighted by Gasteiger charge is 2.25. The summed E-state index contributed by atoms with van der Waals surface area (Å²) in [7, 11) is 0. The molecule has 1 aromatic carbocycles. The molecule has 1 heterocycles. The molecular formula is C15H17N3O3. The summed E-state index contributed by atoms with van der Waals surface area (Å²) in [6, 6.07) is 6.52. The van der Waals surface area contributed by atoms with Crippen molar-refractivity contribution < 1.29 is 14.7 Å². The Morgan fingerprint density at radius 2 is 2.10 bits per heavy atom. The molecule has 0 radical (unpaired) electrons. The van der Waals surface area contributed by atoms with Crippen LogP contribution in [0.15, 0.2) is 22.7 Å². The molecule has 21 heavy (non-hydrogen) atoms. The van der Waals surface area contributed by atoms with E-state index >= 15 is 0 Å². The van der Waals surface area contributed by atoms with Crippen molar-refractivity contribution >= 4 is 0 Å². The quantitative estimate of drug-likeness (QED) is 0.819. The second-order valence-electron chi connectivity index (χ2n) is 5.39. The van der Waals surface area contributed by atoms with Crippen molar-refractivity contribution in [2.75, 3.05) is 0 Å². The molecule has 6 nitrogen and oxygen atoms in total. The first-order valence-corrected chi connectivity index (χ1v) is 6.69. The van der Waals surface area contributed by atoms with Crippen LogP contribution in [0.5, 0.6) is 11.5 Å². The first kappa shape index (κ1) is 14.9. The molecule has 2 rings (SSSR count). The molecule has 0 fully saturated rings. The summed E-state index contributed by atoms with van der Waals surface area (Å²) >= 11 is 0. The van der Waals surface area contributed by atoms with E-state index in [9.17, 15) is 10.2 Å². The van der Waals surface area contributed by atoms with E-state index in [4.69, 9.17) is 9.78 Å². The molecule has 2 N–H and O–H groups in total. The number of benzene rings is 1. The van der Waals surface area contributed by atoms with Gasteiger partial charge in [-0.05, 0) is 30.0 Å². The third kappa shape index (κ3) is 3.31. The van der Waals surface area contributed by atoms with Crippen LogP contribution in [0.3, 0.4) is 0 Å². The first-order valence-electron chi connectivity index (χ1n) is 6.69. The van der Waals surface area contributed by atoms with Gasteiger partial charge in [0.05, 0.1) is 6.07 Å². The van der Waals surface area contributed by atoms with Crippen LogP contribution >= 0.6 is 0 Å². The summed E-state index contributed by atoms with van der Waals surface area (Å²) in [6.45, 7) is 4.03. The second kappa shape index (κ2) is 5.83. The van der Waals surface area contributed by atoms with E-state index in [1.807, 2.05) is 13.8 Å². The molecule has 0 bridgehead atoms. The molecule has 0 aliphatic heterocycles. The molecule has 1 atom stereocenters. The lowest BCUT2D eigenvalue weighted by atomic mass is 9.81. The zero-order valence-electron chi connectivity index (χ0n) is 12.0. The van der Waals surface area contributed by atoms with Gasteiger partial charge in [-0.1, -0.05) is 19.0 Å². The molecule has 0 spiro atoms. The molecule has 0 aliphatic rings. The van der Waals surface area contributed by atoms with Gasteiger partial charge in [-0.15, -0.1) is 0 Å². The fraction of sp³-hybridized carbons (Fsp3) is 0.400. The number of hydrogen-bond acceptors (Lipinski definition) is 6. The van der Waals surface area contributed by atoms with Crippen LogP contribution in [0, 0.1) is 16.7 Å². The smallest absolute Gasteiger partial charge is 0.227 e. The Morgan fingerprint density at radius 1 is 1.33 bits per heavy atom. The maximum atomic E-state index is 9.49. The Morgan fingerprint density at radius 3 is 2.71 bits per heavy atom. The van der Waals surface area contributed by atoms with Gasteiger partial charge in [-0.3, -0.25) is 0 Å². The van der Waals surface area contributed by atoms with Crippen molar-refractivity contribution in [3.63, 3.8) is 0 Å². The van der Waals surface area contributed by atoms with E-state index < -0.39 is 0 Å². The Hall–Kier alpha value is -2.55. The van der Waals surface area contributed by atoms with E-state index in [2.05, 4.69) is 16.2 Å². The molecule has 110 valence electrons. The maximum absolute atomic E-state index is 9.49. The SMILES string of the molecule is CCC(C)(CC#N)Cc1nc(-c2ccc(O)c(O)c2)no1. The lowest BCUT2D eigenvalue weighted by molar-refractivity contribution is 0.266. The van der Waals surface area contributed by atoms with Gasteiger partial charge in [0.25, 0.3) is 0 Å². The molecule has 6 heteroatoms. The standard InChI is InChI=1S/C15H17N3O3/c1-3-15(2,6-7-16)9-13-17-14(18-21-13)10-4-5-11(19)12(20)8-10/h4-5,8,19-20H,3,6,9H2,1-2H3. The predicted octanol–water partition coefficient (Wildman–Crippen LogP) is 3.02. The summed E-state index contributed by atoms with van der Waals surface area (Å²) in [4.78, 5) is 4.29. The summed E-state index contributed by atoms with van der Waals surface area (Å²) in [6.07, 6.45) is 1.77. The van der Waals surface area contributed by atoms with Gasteiger partial charge < -0.3 is 14.7 Å². The van der Waals surface area contributed by atoms with Crippen molar-refractivity contribution in [3.8, 4) is 29.0 Å². The molecule has 0 aliphatic carbocycles. The van der Waals surface area contributed by atoms with Gasteiger partial charge in [-0.2, -0.15) is 10.2 Å². The van der Waals surface area contributed by atoms with Crippen molar-refractivity contribution in [1.82, 2.24) is 10.1 Å². The van der Waals surface area contributed by atoms with Crippen LogP contribution < -0.4 is 0 Å². The molecule has 2 aromatic rings. The normalized spacial score (nSPS) is 13.6. The Balaban J connectivity index is 2.22. The molecular weight excluding hydrogens is 270 g/mol. The van der Waals surface area contributed by atoms with Crippen LogP contribution in [0.2, 0.25) is 0 Å². The number of hydrogen-bond donors (Lipinski definition) is 2. The average Bonchev–Trinajstić information content (AvgIpc) is 2.90. The van der Waals surface area contributed by atoms with Crippen molar-refractivity contribution in [3.05, 3.63) is 24.1 Å². The maximum Gasteiger partial charge on any atom is 0.227 e. The Kier molecular flexibility index (Phi) is 4.13. The lowest BCUT2D eigenvalue weighted by Gasteiger charge is -2.22. The number of nitrogens with zero attached hydrogens (tertiary/aromatic N) is 3. The van der Waals surface area contributed by atoms with E-state index in [1.54, 1.807) is 6.07 Å². The van der Waals surface area contributed by atoms with Gasteiger partial charge in [0.15, 0.2) is 11.5 Å². The number of rotatable bonds is 5. The van der Waals surface area contributed by atoms with Crippen LogP contribution in [-0.2, 0) is 6.42 Å². The largest absolute Gasteiger partial charge is 0.504 e. The molecule has 0 saturated heterocycles. The number of aromatic hydroxyl groups is 2. The van der Waals surface area contributed by atoms with Crippen LogP contribution in [0.4, 0.5) is 0 Å². The van der Waals surface area contributed by atoms with E-state index in [1.165, 1.54) is 12.1 Å². The number of aromatic nitrogens is 2. The molecule has 1 aromatic heterocycles. The van der Waals surface area contributed by atoms with Crippen molar-refractivity contribution in [2.45, 2.75) is 33.1 Å². The molecule has 0 saturated carbocycles. The Labute approximate surface area is 122 Å². The summed E-state index contributed by atoms with van der Waals surface area (Å²) < 4.78 is 5.22. The highest BCUT2D eigenvalue weighted by Crippen LogP contribution is 2.32. The van der Waals surface area contributed by atoms with Crippen LogP contribution in [0.25, 0.3) is 11.4 Å². The van der Waals surface area contributed by atoms with Crippen molar-refractivity contribution in [2.24, 2.45) is 5.41 Å². The fourth-order valence-corrected chi connectivity index (χ4v) is 1.97. The first-order chi connectivity index (χ1) is 9.97. The minimum atomic E-state index is -0.235. The minimum Gasteiger partial charge on any atom is -0.504 e. The summed E-state index contributed by atoms with van der Waals surface area (Å²) in [5.74, 6) is 0.365. The van der Waals surface area contributed by atoms with Gasteiger partial charge in [0.1, 0.15) is 0 Å². The highest BCUT2D eigenvalue weighted by atomic mass is 16.5. The van der Waals surface area contributed by atoms with E-state index in [-0.39, 0.29) is 16.9 Å². The third-order valence-electron chi connectivity index (χ3n) is 3.64. The second-order valence-corrected chi connectivity index (χ2v) is 5.39. The van der Waals surface area contributed by atoms with Gasteiger partial charge >= 0.3 is 0 Å². The highest BCUT2D eigenvalue weighted by molar-refractivity contribution is 5.59. The average molecular weight is 287 g/mol. The van der Waals surface area contributed by atoms with Gasteiger partial charge in [-0.25, -0.2) is 0 Å². The van der Waals surface area contributed by atoms with E-state index in [0.717, 1.165) is 6.42 Å². The number of phenolic OH excluding ortho intramolecular Hbond substituents is 2. The summed E-state index contributed by atoms with van der Waals surface area (Å²) in [5.41, 5.74) is 0.356. The number of phenols is 2. The fourth-order valence-electron chi connectivity index (χ4n) is 1.97. The minimum absolute atomic E-state index is 0.199.